The summed E-state index contributed by atoms with van der Waals surface area (Å²) in [6.45, 7) is 2.62. The quantitative estimate of drug-likeness (QED) is 0.670. The number of ether oxygens (including phenoxy) is 1. The van der Waals surface area contributed by atoms with Crippen LogP contribution in [0.1, 0.15) is 25.3 Å². The first-order chi connectivity index (χ1) is 9.61. The Balaban J connectivity index is 2.13. The zero-order valence-corrected chi connectivity index (χ0v) is 11.9. The number of rotatable bonds is 5. The zero-order valence-electron chi connectivity index (χ0n) is 11.2. The number of carbonyl (C=O) groups is 2. The maximum absolute atomic E-state index is 12.1. The van der Waals surface area contributed by atoms with Gasteiger partial charge in [-0.05, 0) is 24.1 Å². The van der Waals surface area contributed by atoms with E-state index < -0.39 is 12.1 Å². The first-order valence-electron chi connectivity index (χ1n) is 6.57. The molecule has 0 fully saturated rings. The van der Waals surface area contributed by atoms with E-state index in [4.69, 9.17) is 16.3 Å². The second kappa shape index (κ2) is 6.57. The van der Waals surface area contributed by atoms with Crippen LogP contribution < -0.4 is 5.32 Å². The summed E-state index contributed by atoms with van der Waals surface area (Å²) in [7, 11) is 0. The van der Waals surface area contributed by atoms with Gasteiger partial charge in [0.15, 0.2) is 0 Å². The molecule has 1 aromatic rings. The third kappa shape index (κ3) is 3.39. The van der Waals surface area contributed by atoms with Crippen molar-refractivity contribution in [2.75, 3.05) is 6.54 Å². The van der Waals surface area contributed by atoms with Crippen LogP contribution in [0, 0.1) is 0 Å². The van der Waals surface area contributed by atoms with E-state index in [0.29, 0.717) is 17.1 Å². The van der Waals surface area contributed by atoms with Gasteiger partial charge in [0.05, 0.1) is 0 Å². The average molecular weight is 294 g/mol. The molecule has 0 aromatic heterocycles. The van der Waals surface area contributed by atoms with E-state index in [1.165, 1.54) is 6.08 Å². The van der Waals surface area contributed by atoms with Gasteiger partial charge in [-0.3, -0.25) is 4.79 Å². The number of amides is 1. The fourth-order valence-electron chi connectivity index (χ4n) is 1.97. The largest absolute Gasteiger partial charge is 0.444 e. The van der Waals surface area contributed by atoms with Crippen molar-refractivity contribution in [1.82, 2.24) is 5.32 Å². The maximum Gasteiger partial charge on any atom is 0.332 e. The van der Waals surface area contributed by atoms with Gasteiger partial charge in [-0.2, -0.15) is 0 Å². The monoisotopic (exact) mass is 293 g/mol. The molecule has 4 nitrogen and oxygen atoms in total. The number of halogens is 1. The van der Waals surface area contributed by atoms with Gasteiger partial charge in [0, 0.05) is 23.2 Å². The van der Waals surface area contributed by atoms with Crippen LogP contribution in [0.15, 0.2) is 30.3 Å². The summed E-state index contributed by atoms with van der Waals surface area (Å²) < 4.78 is 5.07. The Hall–Kier alpha value is -1.81. The summed E-state index contributed by atoms with van der Waals surface area (Å²) in [6, 6.07) is 6.96. The Morgan fingerprint density at radius 1 is 1.35 bits per heavy atom. The van der Waals surface area contributed by atoms with Crippen LogP contribution in [0.3, 0.4) is 0 Å². The van der Waals surface area contributed by atoms with Crippen LogP contribution >= 0.6 is 11.6 Å². The molecule has 20 heavy (non-hydrogen) atoms. The summed E-state index contributed by atoms with van der Waals surface area (Å²) >= 11 is 5.83. The van der Waals surface area contributed by atoms with Crippen molar-refractivity contribution in [1.29, 1.82) is 0 Å². The van der Waals surface area contributed by atoms with Gasteiger partial charge in [-0.25, -0.2) is 4.79 Å². The molecule has 1 amide bonds. The molecule has 0 radical (unpaired) electrons. The van der Waals surface area contributed by atoms with Gasteiger partial charge < -0.3 is 10.1 Å². The van der Waals surface area contributed by atoms with Gasteiger partial charge >= 0.3 is 5.97 Å². The highest BCUT2D eigenvalue weighted by Crippen LogP contribution is 2.27. The number of nitrogens with one attached hydrogen (secondary N) is 1. The summed E-state index contributed by atoms with van der Waals surface area (Å²) in [6.07, 6.45) is 2.37. The van der Waals surface area contributed by atoms with Gasteiger partial charge in [-0.15, -0.1) is 0 Å². The molecule has 0 saturated carbocycles. The highest BCUT2D eigenvalue weighted by atomic mass is 35.5. The molecule has 1 atom stereocenters. The van der Waals surface area contributed by atoms with E-state index in [9.17, 15) is 9.59 Å². The standard InChI is InChI=1S/C15H16ClNO3/c1-2-3-8-17-15(19)14-12(9-13(18)20-14)10-4-6-11(16)7-5-10/h4-7,9,14H,2-3,8H2,1H3,(H,17,19). The molecule has 1 aliphatic heterocycles. The summed E-state index contributed by atoms with van der Waals surface area (Å²) in [5.74, 6) is -0.781. The smallest absolute Gasteiger partial charge is 0.332 e. The predicted molar refractivity (Wildman–Crippen MR) is 77.2 cm³/mol. The molecule has 1 unspecified atom stereocenters. The van der Waals surface area contributed by atoms with Crippen LogP contribution in [0.4, 0.5) is 0 Å². The fourth-order valence-corrected chi connectivity index (χ4v) is 2.10. The van der Waals surface area contributed by atoms with E-state index in [0.717, 1.165) is 18.4 Å². The Bertz CT molecular complexity index is 537. The van der Waals surface area contributed by atoms with Crippen LogP contribution in [0.5, 0.6) is 0 Å². The lowest BCUT2D eigenvalue weighted by Crippen LogP contribution is -2.36. The Morgan fingerprint density at radius 3 is 2.70 bits per heavy atom. The zero-order chi connectivity index (χ0) is 14.5. The maximum atomic E-state index is 12.1. The molecule has 1 N–H and O–H groups in total. The van der Waals surface area contributed by atoms with E-state index in [1.54, 1.807) is 24.3 Å². The summed E-state index contributed by atoms with van der Waals surface area (Å²) in [5.41, 5.74) is 1.33. The third-order valence-electron chi connectivity index (χ3n) is 3.04. The fraction of sp³-hybridized carbons (Fsp3) is 0.333. The number of benzene rings is 1. The van der Waals surface area contributed by atoms with E-state index >= 15 is 0 Å². The van der Waals surface area contributed by atoms with Crippen molar-refractivity contribution in [3.8, 4) is 0 Å². The summed E-state index contributed by atoms with van der Waals surface area (Å²) in [4.78, 5) is 23.5. The molecule has 0 saturated heterocycles. The lowest BCUT2D eigenvalue weighted by Gasteiger charge is -2.14. The Kier molecular flexibility index (Phi) is 4.79. The Morgan fingerprint density at radius 2 is 2.05 bits per heavy atom. The minimum Gasteiger partial charge on any atom is -0.444 e. The van der Waals surface area contributed by atoms with Crippen molar-refractivity contribution in [3.05, 3.63) is 40.9 Å². The second-order valence-corrected chi connectivity index (χ2v) is 5.00. The highest BCUT2D eigenvalue weighted by molar-refractivity contribution is 6.30. The third-order valence-corrected chi connectivity index (χ3v) is 3.29. The lowest BCUT2D eigenvalue weighted by molar-refractivity contribution is -0.145. The van der Waals surface area contributed by atoms with E-state index in [2.05, 4.69) is 5.32 Å². The Labute approximate surface area is 122 Å². The van der Waals surface area contributed by atoms with Gasteiger partial charge in [0.1, 0.15) is 0 Å². The van der Waals surface area contributed by atoms with Crippen LogP contribution in [0.25, 0.3) is 5.57 Å². The minimum atomic E-state index is -0.875. The first-order valence-corrected chi connectivity index (χ1v) is 6.95. The lowest BCUT2D eigenvalue weighted by atomic mass is 10.0. The van der Waals surface area contributed by atoms with Gasteiger partial charge in [0.2, 0.25) is 6.10 Å². The molecular weight excluding hydrogens is 278 g/mol. The van der Waals surface area contributed by atoms with Crippen LogP contribution in [0.2, 0.25) is 5.02 Å². The topological polar surface area (TPSA) is 55.4 Å². The summed E-state index contributed by atoms with van der Waals surface area (Å²) in [5, 5.41) is 3.37. The van der Waals surface area contributed by atoms with Crippen LogP contribution in [-0.4, -0.2) is 24.5 Å². The number of esters is 1. The molecule has 1 heterocycles. The molecular formula is C15H16ClNO3. The van der Waals surface area contributed by atoms with Gasteiger partial charge in [-0.1, -0.05) is 37.1 Å². The van der Waals surface area contributed by atoms with Gasteiger partial charge in [0.25, 0.3) is 5.91 Å². The SMILES string of the molecule is CCCCNC(=O)C1OC(=O)C=C1c1ccc(Cl)cc1. The number of hydrogen-bond donors (Lipinski definition) is 1. The van der Waals surface area contributed by atoms with E-state index in [1.807, 2.05) is 6.92 Å². The molecule has 106 valence electrons. The number of hydrogen-bond acceptors (Lipinski definition) is 3. The van der Waals surface area contributed by atoms with Crippen molar-refractivity contribution in [3.63, 3.8) is 0 Å². The molecule has 1 aliphatic rings. The molecule has 1 aromatic carbocycles. The molecule has 0 bridgehead atoms. The number of unbranched alkanes of at least 4 members (excludes halogenated alkanes) is 1. The average Bonchev–Trinajstić information content (AvgIpc) is 2.82. The van der Waals surface area contributed by atoms with Crippen molar-refractivity contribution >= 4 is 29.1 Å². The van der Waals surface area contributed by atoms with E-state index in [-0.39, 0.29) is 5.91 Å². The van der Waals surface area contributed by atoms with Crippen LogP contribution in [-0.2, 0) is 14.3 Å². The highest BCUT2D eigenvalue weighted by Gasteiger charge is 2.33. The molecule has 0 spiro atoms. The first kappa shape index (κ1) is 14.6. The second-order valence-electron chi connectivity index (χ2n) is 4.57. The number of carbonyl (C=O) groups excluding carboxylic acids is 2. The van der Waals surface area contributed by atoms with Crippen molar-refractivity contribution in [2.45, 2.75) is 25.9 Å². The minimum absolute atomic E-state index is 0.287. The normalized spacial score (nSPS) is 17.6. The number of cyclic esters (lactones) is 1. The molecule has 0 aliphatic carbocycles. The van der Waals surface area contributed by atoms with Crippen molar-refractivity contribution in [2.24, 2.45) is 0 Å². The predicted octanol–water partition coefficient (Wildman–Crippen LogP) is 2.57. The molecule has 2 rings (SSSR count). The molecule has 5 heteroatoms. The van der Waals surface area contributed by atoms with Crippen molar-refractivity contribution < 1.29 is 14.3 Å².